The SMILES string of the molecule is CC1C2CC3=C(CCC4=C3C=C(Cl)CN=CC41C)N2C. The van der Waals surface area contributed by atoms with Crippen LogP contribution in [0.25, 0.3) is 0 Å². The third-order valence-corrected chi connectivity index (χ3v) is 6.25. The second kappa shape index (κ2) is 4.00. The molecular formula is C17H21ClN2. The predicted molar refractivity (Wildman–Crippen MR) is 84.0 cm³/mol. The van der Waals surface area contributed by atoms with Crippen molar-refractivity contribution in [3.63, 3.8) is 0 Å². The average molecular weight is 289 g/mol. The van der Waals surface area contributed by atoms with Gasteiger partial charge in [0.2, 0.25) is 0 Å². The van der Waals surface area contributed by atoms with Crippen molar-refractivity contribution < 1.29 is 0 Å². The minimum atomic E-state index is 0.0794. The lowest BCUT2D eigenvalue weighted by atomic mass is 9.66. The van der Waals surface area contributed by atoms with Gasteiger partial charge in [-0.2, -0.15) is 0 Å². The van der Waals surface area contributed by atoms with E-state index < -0.39 is 0 Å². The molecule has 4 rings (SSSR count). The Hall–Kier alpha value is -1.02. The van der Waals surface area contributed by atoms with Gasteiger partial charge in [0.05, 0.1) is 6.54 Å². The summed E-state index contributed by atoms with van der Waals surface area (Å²) >= 11 is 6.36. The summed E-state index contributed by atoms with van der Waals surface area (Å²) in [7, 11) is 2.27. The van der Waals surface area contributed by atoms with E-state index in [1.54, 1.807) is 16.8 Å². The van der Waals surface area contributed by atoms with E-state index in [0.29, 0.717) is 18.5 Å². The quantitative estimate of drug-likeness (QED) is 0.660. The van der Waals surface area contributed by atoms with E-state index in [1.165, 1.54) is 18.4 Å². The first-order valence-corrected chi connectivity index (χ1v) is 7.96. The third-order valence-electron chi connectivity index (χ3n) is 6.02. The third kappa shape index (κ3) is 1.43. The summed E-state index contributed by atoms with van der Waals surface area (Å²) in [5.41, 5.74) is 6.20. The molecule has 0 amide bonds. The van der Waals surface area contributed by atoms with Crippen LogP contribution >= 0.6 is 11.6 Å². The Morgan fingerprint density at radius 2 is 2.20 bits per heavy atom. The molecule has 0 aromatic rings. The fourth-order valence-corrected chi connectivity index (χ4v) is 4.85. The lowest BCUT2D eigenvalue weighted by molar-refractivity contribution is 0.175. The van der Waals surface area contributed by atoms with Crippen LogP contribution in [0.3, 0.4) is 0 Å². The fraction of sp³-hybridized carbons (Fsp3) is 0.588. The molecule has 2 aliphatic heterocycles. The van der Waals surface area contributed by atoms with Crippen molar-refractivity contribution in [2.45, 2.75) is 39.2 Å². The Bertz CT molecular complexity index is 610. The first kappa shape index (κ1) is 12.7. The summed E-state index contributed by atoms with van der Waals surface area (Å²) in [5.74, 6) is 0.585. The van der Waals surface area contributed by atoms with E-state index in [2.05, 4.69) is 43.1 Å². The Morgan fingerprint density at radius 1 is 1.40 bits per heavy atom. The van der Waals surface area contributed by atoms with Crippen molar-refractivity contribution in [1.29, 1.82) is 0 Å². The van der Waals surface area contributed by atoms with Crippen molar-refractivity contribution in [2.75, 3.05) is 13.6 Å². The van der Waals surface area contributed by atoms with Crippen molar-refractivity contribution in [3.05, 3.63) is 33.5 Å². The standard InChI is InChI=1S/C17H21ClN2/c1-10-16-7-13-12-6-11(18)8-19-9-17(10,2)14(12)4-5-15(13)20(16)3/h6,9-10,16H,4-5,7-8H2,1-3H3. The number of fused-ring (bicyclic) bond motifs is 1. The molecule has 0 aromatic carbocycles. The van der Waals surface area contributed by atoms with Gasteiger partial charge in [-0.1, -0.05) is 31.0 Å². The van der Waals surface area contributed by atoms with E-state index in [-0.39, 0.29) is 5.41 Å². The van der Waals surface area contributed by atoms with Crippen LogP contribution in [-0.4, -0.2) is 30.7 Å². The van der Waals surface area contributed by atoms with Crippen LogP contribution in [-0.2, 0) is 0 Å². The lowest BCUT2D eigenvalue weighted by Crippen LogP contribution is -2.44. The van der Waals surface area contributed by atoms with Crippen molar-refractivity contribution >= 4 is 17.8 Å². The number of halogens is 1. The van der Waals surface area contributed by atoms with Gasteiger partial charge in [0, 0.05) is 35.4 Å². The molecule has 4 aliphatic rings. The number of nitrogens with zero attached hydrogens (tertiary/aromatic N) is 2. The number of rotatable bonds is 0. The minimum Gasteiger partial charge on any atom is -0.374 e. The van der Waals surface area contributed by atoms with E-state index in [4.69, 9.17) is 11.6 Å². The van der Waals surface area contributed by atoms with Crippen LogP contribution in [0.2, 0.25) is 0 Å². The second-order valence-corrected chi connectivity index (χ2v) is 7.32. The topological polar surface area (TPSA) is 15.6 Å². The minimum absolute atomic E-state index is 0.0794. The molecule has 0 saturated heterocycles. The highest BCUT2D eigenvalue weighted by molar-refractivity contribution is 6.30. The number of likely N-dealkylation sites (tertiary alicyclic amines) is 1. The van der Waals surface area contributed by atoms with E-state index in [1.807, 2.05) is 0 Å². The molecule has 0 spiro atoms. The first-order valence-electron chi connectivity index (χ1n) is 7.58. The van der Waals surface area contributed by atoms with Gasteiger partial charge in [0.25, 0.3) is 0 Å². The molecular weight excluding hydrogens is 268 g/mol. The summed E-state index contributed by atoms with van der Waals surface area (Å²) in [6.07, 6.45) is 7.91. The molecule has 3 heteroatoms. The molecule has 2 aliphatic carbocycles. The molecule has 0 fully saturated rings. The predicted octanol–water partition coefficient (Wildman–Crippen LogP) is 3.90. The Balaban J connectivity index is 2.05. The van der Waals surface area contributed by atoms with Gasteiger partial charge in [0.1, 0.15) is 0 Å². The Morgan fingerprint density at radius 3 is 3.00 bits per heavy atom. The van der Waals surface area contributed by atoms with E-state index in [0.717, 1.165) is 11.5 Å². The molecule has 3 unspecified atom stereocenters. The van der Waals surface area contributed by atoms with Crippen LogP contribution < -0.4 is 0 Å². The lowest BCUT2D eigenvalue weighted by Gasteiger charge is -2.45. The highest BCUT2D eigenvalue weighted by Gasteiger charge is 2.49. The maximum Gasteiger partial charge on any atom is 0.0743 e. The first-order chi connectivity index (χ1) is 9.52. The summed E-state index contributed by atoms with van der Waals surface area (Å²) in [6, 6.07) is 0.606. The van der Waals surface area contributed by atoms with Crippen molar-refractivity contribution in [3.8, 4) is 0 Å². The second-order valence-electron chi connectivity index (χ2n) is 6.83. The molecule has 0 aromatic heterocycles. The molecule has 3 atom stereocenters. The monoisotopic (exact) mass is 288 g/mol. The van der Waals surface area contributed by atoms with Gasteiger partial charge < -0.3 is 4.90 Å². The molecule has 106 valence electrons. The Kier molecular flexibility index (Phi) is 2.54. The zero-order chi connectivity index (χ0) is 14.1. The average Bonchev–Trinajstić information content (AvgIpc) is 2.71. The van der Waals surface area contributed by atoms with Gasteiger partial charge in [-0.3, -0.25) is 4.99 Å². The zero-order valence-electron chi connectivity index (χ0n) is 12.4. The molecule has 0 saturated carbocycles. The summed E-state index contributed by atoms with van der Waals surface area (Å²) in [4.78, 5) is 7.16. The van der Waals surface area contributed by atoms with Gasteiger partial charge in [-0.05, 0) is 42.4 Å². The van der Waals surface area contributed by atoms with Gasteiger partial charge in [-0.15, -0.1) is 0 Å². The smallest absolute Gasteiger partial charge is 0.0743 e. The Labute approximate surface area is 125 Å². The van der Waals surface area contributed by atoms with Crippen LogP contribution in [0.4, 0.5) is 0 Å². The number of aliphatic imine (C=N–C) groups is 1. The van der Waals surface area contributed by atoms with Gasteiger partial charge in [0.15, 0.2) is 0 Å². The molecule has 0 radical (unpaired) electrons. The number of hydrogen-bond donors (Lipinski definition) is 0. The molecule has 20 heavy (non-hydrogen) atoms. The van der Waals surface area contributed by atoms with Crippen molar-refractivity contribution in [2.24, 2.45) is 16.3 Å². The van der Waals surface area contributed by atoms with E-state index in [9.17, 15) is 0 Å². The highest BCUT2D eigenvalue weighted by Crippen LogP contribution is 2.55. The molecule has 2 heterocycles. The molecule has 0 N–H and O–H groups in total. The number of hydrogen-bond acceptors (Lipinski definition) is 2. The van der Waals surface area contributed by atoms with Crippen LogP contribution in [0.5, 0.6) is 0 Å². The molecule has 5 bridgehead atoms. The van der Waals surface area contributed by atoms with Gasteiger partial charge >= 0.3 is 0 Å². The maximum atomic E-state index is 6.36. The van der Waals surface area contributed by atoms with Crippen LogP contribution in [0.1, 0.15) is 33.1 Å². The van der Waals surface area contributed by atoms with Crippen LogP contribution in [0.15, 0.2) is 38.5 Å². The number of allylic oxidation sites excluding steroid dienone is 4. The maximum absolute atomic E-state index is 6.36. The highest BCUT2D eigenvalue weighted by atomic mass is 35.5. The van der Waals surface area contributed by atoms with E-state index >= 15 is 0 Å². The zero-order valence-corrected chi connectivity index (χ0v) is 13.2. The van der Waals surface area contributed by atoms with Crippen molar-refractivity contribution in [1.82, 2.24) is 4.90 Å². The van der Waals surface area contributed by atoms with Crippen LogP contribution in [0, 0.1) is 11.3 Å². The molecule has 2 nitrogen and oxygen atoms in total. The van der Waals surface area contributed by atoms with Gasteiger partial charge in [-0.25, -0.2) is 0 Å². The largest absolute Gasteiger partial charge is 0.374 e. The summed E-state index contributed by atoms with van der Waals surface area (Å²) < 4.78 is 0. The normalized spacial score (nSPS) is 39.0. The summed E-state index contributed by atoms with van der Waals surface area (Å²) in [5, 5.41) is 0.866. The fourth-order valence-electron chi connectivity index (χ4n) is 4.67. The summed E-state index contributed by atoms with van der Waals surface area (Å²) in [6.45, 7) is 5.41.